The van der Waals surface area contributed by atoms with Crippen molar-refractivity contribution < 1.29 is 9.59 Å². The molecule has 5 fully saturated rings. The molecule has 4 saturated carbocycles. The van der Waals surface area contributed by atoms with Crippen LogP contribution in [0.1, 0.15) is 64.2 Å². The van der Waals surface area contributed by atoms with E-state index in [9.17, 15) is 9.59 Å². The van der Waals surface area contributed by atoms with Gasteiger partial charge in [-0.2, -0.15) is 0 Å². The van der Waals surface area contributed by atoms with E-state index in [1.165, 1.54) is 37.8 Å². The minimum absolute atomic E-state index is 0.0213. The molecular weight excluding hydrogens is 374 g/mol. The maximum Gasteiger partial charge on any atom is 0.226 e. The number of carbonyl (C=O) groups excluding carboxylic acids is 2. The van der Waals surface area contributed by atoms with Crippen LogP contribution in [0.5, 0.6) is 0 Å². The molecule has 4 aliphatic carbocycles. The summed E-state index contributed by atoms with van der Waals surface area (Å²) in [6, 6.07) is 8.15. The SMILES string of the molecule is O=C(CCCNC(=O)C12CC3CC(CC(C3)C1)C2)Nc1ccc(N2CCCC2)cc1. The molecule has 30 heavy (non-hydrogen) atoms. The molecule has 4 bridgehead atoms. The summed E-state index contributed by atoms with van der Waals surface area (Å²) in [7, 11) is 0. The summed E-state index contributed by atoms with van der Waals surface area (Å²) in [6.07, 6.45) is 11.0. The van der Waals surface area contributed by atoms with Crippen molar-refractivity contribution in [3.63, 3.8) is 0 Å². The number of carbonyl (C=O) groups is 2. The first-order valence-electron chi connectivity index (χ1n) is 12.0. The van der Waals surface area contributed by atoms with Crippen LogP contribution in [-0.2, 0) is 9.59 Å². The van der Waals surface area contributed by atoms with Crippen molar-refractivity contribution in [2.75, 3.05) is 29.9 Å². The van der Waals surface area contributed by atoms with Gasteiger partial charge in [-0.1, -0.05) is 0 Å². The van der Waals surface area contributed by atoms with Crippen LogP contribution in [-0.4, -0.2) is 31.4 Å². The van der Waals surface area contributed by atoms with E-state index >= 15 is 0 Å². The molecule has 5 aliphatic rings. The lowest BCUT2D eigenvalue weighted by atomic mass is 9.49. The number of nitrogens with zero attached hydrogens (tertiary/aromatic N) is 1. The van der Waals surface area contributed by atoms with Crippen molar-refractivity contribution in [2.45, 2.75) is 64.2 Å². The van der Waals surface area contributed by atoms with E-state index in [4.69, 9.17) is 0 Å². The third-order valence-electron chi connectivity index (χ3n) is 8.01. The van der Waals surface area contributed by atoms with Gasteiger partial charge in [-0.15, -0.1) is 0 Å². The van der Waals surface area contributed by atoms with Crippen LogP contribution in [0.2, 0.25) is 0 Å². The molecule has 1 aromatic carbocycles. The largest absolute Gasteiger partial charge is 0.372 e. The van der Waals surface area contributed by atoms with E-state index in [0.29, 0.717) is 19.4 Å². The van der Waals surface area contributed by atoms with Gasteiger partial charge in [0.25, 0.3) is 0 Å². The number of benzene rings is 1. The highest BCUT2D eigenvalue weighted by Crippen LogP contribution is 2.60. The molecule has 2 amide bonds. The zero-order valence-corrected chi connectivity index (χ0v) is 18.0. The second kappa shape index (κ2) is 8.24. The predicted molar refractivity (Wildman–Crippen MR) is 119 cm³/mol. The second-order valence-electron chi connectivity index (χ2n) is 10.3. The number of anilines is 2. The smallest absolute Gasteiger partial charge is 0.226 e. The summed E-state index contributed by atoms with van der Waals surface area (Å²) in [5.74, 6) is 2.63. The lowest BCUT2D eigenvalue weighted by Crippen LogP contribution is -2.53. The summed E-state index contributed by atoms with van der Waals surface area (Å²) >= 11 is 0. The first kappa shape index (κ1) is 19.9. The van der Waals surface area contributed by atoms with Crippen LogP contribution in [0.4, 0.5) is 11.4 Å². The fourth-order valence-corrected chi connectivity index (χ4v) is 6.98. The highest BCUT2D eigenvalue weighted by atomic mass is 16.2. The highest BCUT2D eigenvalue weighted by Gasteiger charge is 2.54. The monoisotopic (exact) mass is 409 g/mol. The Kier molecular flexibility index (Phi) is 5.46. The van der Waals surface area contributed by atoms with Crippen molar-refractivity contribution in [3.05, 3.63) is 24.3 Å². The summed E-state index contributed by atoms with van der Waals surface area (Å²) in [4.78, 5) is 27.6. The van der Waals surface area contributed by atoms with E-state index in [2.05, 4.69) is 27.7 Å². The number of amides is 2. The first-order valence-corrected chi connectivity index (χ1v) is 12.0. The standard InChI is InChI=1S/C25H35N3O2/c29-23(27-21-5-7-22(8-6-21)28-10-1-2-11-28)4-3-9-26-24(30)25-15-18-12-19(16-25)14-20(13-18)17-25/h5-8,18-20H,1-4,9-17H2,(H,26,30)(H,27,29). The number of nitrogens with one attached hydrogen (secondary N) is 2. The third-order valence-corrected chi connectivity index (χ3v) is 8.01. The number of hydrogen-bond acceptors (Lipinski definition) is 3. The normalized spacial score (nSPS) is 31.7. The molecule has 0 aromatic heterocycles. The van der Waals surface area contributed by atoms with Crippen molar-refractivity contribution in [1.29, 1.82) is 0 Å². The molecule has 0 unspecified atom stereocenters. The maximum atomic E-state index is 13.0. The van der Waals surface area contributed by atoms with Crippen LogP contribution in [0.25, 0.3) is 0 Å². The average molecular weight is 410 g/mol. The lowest BCUT2D eigenvalue weighted by molar-refractivity contribution is -0.146. The van der Waals surface area contributed by atoms with Crippen LogP contribution in [0.3, 0.4) is 0 Å². The molecule has 0 radical (unpaired) electrons. The molecule has 5 heteroatoms. The van der Waals surface area contributed by atoms with Gasteiger partial charge in [-0.25, -0.2) is 0 Å². The molecule has 1 heterocycles. The second-order valence-corrected chi connectivity index (χ2v) is 10.3. The fraction of sp³-hybridized carbons (Fsp3) is 0.680. The zero-order valence-electron chi connectivity index (χ0n) is 18.0. The predicted octanol–water partition coefficient (Wildman–Crippen LogP) is 4.34. The van der Waals surface area contributed by atoms with Crippen molar-refractivity contribution in [3.8, 4) is 0 Å². The molecule has 5 nitrogen and oxygen atoms in total. The van der Waals surface area contributed by atoms with E-state index in [1.807, 2.05) is 12.1 Å². The van der Waals surface area contributed by atoms with Crippen molar-refractivity contribution in [1.82, 2.24) is 5.32 Å². The van der Waals surface area contributed by atoms with Gasteiger partial charge in [0.2, 0.25) is 11.8 Å². The zero-order chi connectivity index (χ0) is 20.6. The summed E-state index contributed by atoms with van der Waals surface area (Å²) in [6.45, 7) is 2.85. The third kappa shape index (κ3) is 4.08. The molecule has 1 aliphatic heterocycles. The molecule has 162 valence electrons. The van der Waals surface area contributed by atoms with E-state index in [0.717, 1.165) is 55.8 Å². The first-order chi connectivity index (χ1) is 14.6. The molecular formula is C25H35N3O2. The van der Waals surface area contributed by atoms with E-state index < -0.39 is 0 Å². The molecule has 0 spiro atoms. The Morgan fingerprint density at radius 2 is 1.53 bits per heavy atom. The molecule has 2 N–H and O–H groups in total. The van der Waals surface area contributed by atoms with E-state index in [1.54, 1.807) is 0 Å². The van der Waals surface area contributed by atoms with Crippen LogP contribution >= 0.6 is 0 Å². The summed E-state index contributed by atoms with van der Waals surface area (Å²) < 4.78 is 0. The Labute approximate surface area is 180 Å². The summed E-state index contributed by atoms with van der Waals surface area (Å²) in [5, 5.41) is 6.16. The number of rotatable bonds is 7. The van der Waals surface area contributed by atoms with Gasteiger partial charge in [0.05, 0.1) is 0 Å². The maximum absolute atomic E-state index is 13.0. The van der Waals surface area contributed by atoms with Crippen LogP contribution < -0.4 is 15.5 Å². The highest BCUT2D eigenvalue weighted by molar-refractivity contribution is 5.91. The Hall–Kier alpha value is -2.04. The van der Waals surface area contributed by atoms with Gasteiger partial charge in [0.15, 0.2) is 0 Å². The molecule has 0 atom stereocenters. The van der Waals surface area contributed by atoms with Gasteiger partial charge < -0.3 is 15.5 Å². The summed E-state index contributed by atoms with van der Waals surface area (Å²) in [5.41, 5.74) is 1.99. The van der Waals surface area contributed by atoms with E-state index in [-0.39, 0.29) is 17.2 Å². The molecule has 1 saturated heterocycles. The minimum atomic E-state index is -0.0892. The van der Waals surface area contributed by atoms with Crippen molar-refractivity contribution in [2.24, 2.45) is 23.2 Å². The Bertz CT molecular complexity index is 747. The lowest BCUT2D eigenvalue weighted by Gasteiger charge is -2.55. The van der Waals surface area contributed by atoms with Gasteiger partial charge in [-0.05, 0) is 99.8 Å². The minimum Gasteiger partial charge on any atom is -0.372 e. The van der Waals surface area contributed by atoms with Crippen LogP contribution in [0.15, 0.2) is 24.3 Å². The van der Waals surface area contributed by atoms with Gasteiger partial charge >= 0.3 is 0 Å². The van der Waals surface area contributed by atoms with Gasteiger partial charge in [0, 0.05) is 42.8 Å². The average Bonchev–Trinajstić information content (AvgIpc) is 3.25. The fourth-order valence-electron chi connectivity index (χ4n) is 6.98. The Balaban J connectivity index is 1.04. The number of hydrogen-bond donors (Lipinski definition) is 2. The molecule has 1 aromatic rings. The van der Waals surface area contributed by atoms with Crippen molar-refractivity contribution >= 4 is 23.2 Å². The van der Waals surface area contributed by atoms with Gasteiger partial charge in [0.1, 0.15) is 0 Å². The van der Waals surface area contributed by atoms with Crippen LogP contribution in [0, 0.1) is 23.2 Å². The quantitative estimate of drug-likeness (QED) is 0.659. The Morgan fingerprint density at radius 1 is 0.933 bits per heavy atom. The molecule has 6 rings (SSSR count). The topological polar surface area (TPSA) is 61.4 Å². The van der Waals surface area contributed by atoms with Gasteiger partial charge in [-0.3, -0.25) is 9.59 Å². The Morgan fingerprint density at radius 3 is 2.13 bits per heavy atom.